The standard InChI is InChI=1S/C26H22ClFN6O2/c1-13(35)31-22-5-3-16(24(28)33-22)19-12-30-25(32-19)20-11-26(6-7-26)21-8-14(9-23(36)34(20)21)17-10-15(27)2-4-18(17)29/h2-5,8-10,12,20H,6-7,11,29H2,1H3,(H,30,32)(H,31,33,35). The molecule has 1 aliphatic heterocycles. The summed E-state index contributed by atoms with van der Waals surface area (Å²) >= 11 is 6.19. The largest absolute Gasteiger partial charge is 0.398 e. The Hall–Kier alpha value is -3.98. The van der Waals surface area contributed by atoms with Gasteiger partial charge in [0.1, 0.15) is 11.6 Å². The van der Waals surface area contributed by atoms with Gasteiger partial charge in [-0.25, -0.2) is 9.97 Å². The van der Waals surface area contributed by atoms with E-state index in [9.17, 15) is 14.0 Å². The van der Waals surface area contributed by atoms with Crippen molar-refractivity contribution in [1.29, 1.82) is 0 Å². The molecule has 0 radical (unpaired) electrons. The Morgan fingerprint density at radius 3 is 2.75 bits per heavy atom. The number of amides is 1. The SMILES string of the molecule is CC(=O)Nc1ccc(-c2cnc(C3CC4(CC4)c4cc(-c5cc(Cl)ccc5N)cc(=O)n43)[nH]2)c(F)n1. The third kappa shape index (κ3) is 3.67. The third-order valence-electron chi connectivity index (χ3n) is 7.04. The summed E-state index contributed by atoms with van der Waals surface area (Å²) in [6, 6.07) is 11.6. The molecule has 1 unspecified atom stereocenters. The Bertz CT molecular complexity index is 1610. The highest BCUT2D eigenvalue weighted by Gasteiger charge is 2.54. The summed E-state index contributed by atoms with van der Waals surface area (Å²) in [6.07, 6.45) is 4.23. The lowest BCUT2D eigenvalue weighted by molar-refractivity contribution is -0.114. The second kappa shape index (κ2) is 8.03. The molecule has 1 amide bonds. The minimum absolute atomic E-state index is 0.0903. The van der Waals surface area contributed by atoms with E-state index in [4.69, 9.17) is 17.3 Å². The zero-order valence-electron chi connectivity index (χ0n) is 19.3. The molecule has 1 aliphatic carbocycles. The van der Waals surface area contributed by atoms with Gasteiger partial charge < -0.3 is 20.6 Å². The number of carbonyl (C=O) groups is 1. The van der Waals surface area contributed by atoms with Crippen molar-refractivity contribution in [2.24, 2.45) is 0 Å². The van der Waals surface area contributed by atoms with Gasteiger partial charge in [0, 0.05) is 40.4 Å². The number of halogens is 2. The van der Waals surface area contributed by atoms with Crippen molar-refractivity contribution in [2.75, 3.05) is 11.1 Å². The number of hydrogen-bond acceptors (Lipinski definition) is 5. The van der Waals surface area contributed by atoms with Crippen molar-refractivity contribution in [3.05, 3.63) is 81.5 Å². The fourth-order valence-corrected chi connectivity index (χ4v) is 5.34. The van der Waals surface area contributed by atoms with Crippen LogP contribution in [0.1, 0.15) is 43.7 Å². The quantitative estimate of drug-likeness (QED) is 0.276. The smallest absolute Gasteiger partial charge is 0.252 e. The zero-order valence-corrected chi connectivity index (χ0v) is 20.1. The van der Waals surface area contributed by atoms with E-state index in [2.05, 4.69) is 20.3 Å². The Morgan fingerprint density at radius 1 is 1.22 bits per heavy atom. The molecule has 182 valence electrons. The molecule has 0 bridgehead atoms. The van der Waals surface area contributed by atoms with Crippen LogP contribution in [0.5, 0.6) is 0 Å². The van der Waals surface area contributed by atoms with Gasteiger partial charge in [-0.15, -0.1) is 0 Å². The molecule has 36 heavy (non-hydrogen) atoms. The molecule has 8 nitrogen and oxygen atoms in total. The second-order valence-electron chi connectivity index (χ2n) is 9.47. The second-order valence-corrected chi connectivity index (χ2v) is 9.90. The molecule has 10 heteroatoms. The van der Waals surface area contributed by atoms with Crippen molar-refractivity contribution in [1.82, 2.24) is 19.5 Å². The average Bonchev–Trinajstić information content (AvgIpc) is 3.31. The van der Waals surface area contributed by atoms with Crippen molar-refractivity contribution in [2.45, 2.75) is 37.6 Å². The molecule has 1 saturated carbocycles. The molecule has 0 saturated heterocycles. The van der Waals surface area contributed by atoms with Gasteiger partial charge in [-0.05, 0) is 61.2 Å². The van der Waals surface area contributed by atoms with Crippen LogP contribution in [0.2, 0.25) is 5.02 Å². The fraction of sp³-hybridized carbons (Fsp3) is 0.231. The van der Waals surface area contributed by atoms with Gasteiger partial charge in [-0.3, -0.25) is 9.59 Å². The third-order valence-corrected chi connectivity index (χ3v) is 7.28. The summed E-state index contributed by atoms with van der Waals surface area (Å²) in [5, 5.41) is 3.01. The minimum Gasteiger partial charge on any atom is -0.398 e. The first-order chi connectivity index (χ1) is 17.2. The summed E-state index contributed by atoms with van der Waals surface area (Å²) in [7, 11) is 0. The van der Waals surface area contributed by atoms with Crippen molar-refractivity contribution >= 4 is 29.0 Å². The summed E-state index contributed by atoms with van der Waals surface area (Å²) in [4.78, 5) is 36.1. The number of pyridine rings is 2. The van der Waals surface area contributed by atoms with Crippen LogP contribution < -0.4 is 16.6 Å². The van der Waals surface area contributed by atoms with E-state index < -0.39 is 5.95 Å². The van der Waals surface area contributed by atoms with Gasteiger partial charge in [0.25, 0.3) is 5.56 Å². The number of rotatable bonds is 4. The van der Waals surface area contributed by atoms with Crippen LogP contribution in [0.3, 0.4) is 0 Å². The number of aromatic amines is 1. The van der Waals surface area contributed by atoms with E-state index in [0.717, 1.165) is 36.1 Å². The first-order valence-electron chi connectivity index (χ1n) is 11.6. The Labute approximate surface area is 210 Å². The molecule has 4 heterocycles. The van der Waals surface area contributed by atoms with E-state index in [1.54, 1.807) is 28.8 Å². The molecule has 2 aliphatic rings. The van der Waals surface area contributed by atoms with Gasteiger partial charge in [0.2, 0.25) is 11.9 Å². The van der Waals surface area contributed by atoms with Crippen LogP contribution in [0, 0.1) is 5.95 Å². The maximum absolute atomic E-state index is 14.7. The minimum atomic E-state index is -0.733. The van der Waals surface area contributed by atoms with Crippen LogP contribution in [0.25, 0.3) is 22.4 Å². The highest BCUT2D eigenvalue weighted by atomic mass is 35.5. The monoisotopic (exact) mass is 504 g/mol. The number of H-pyrrole nitrogens is 1. The highest BCUT2D eigenvalue weighted by molar-refractivity contribution is 6.31. The molecule has 4 N–H and O–H groups in total. The van der Waals surface area contributed by atoms with Gasteiger partial charge in [-0.1, -0.05) is 11.6 Å². The molecule has 1 aromatic carbocycles. The lowest BCUT2D eigenvalue weighted by atomic mass is 9.96. The van der Waals surface area contributed by atoms with E-state index in [0.29, 0.717) is 22.2 Å². The number of anilines is 2. The number of nitrogens with zero attached hydrogens (tertiary/aromatic N) is 3. The number of aromatic nitrogens is 4. The summed E-state index contributed by atoms with van der Waals surface area (Å²) in [5.74, 6) is -0.356. The fourth-order valence-electron chi connectivity index (χ4n) is 5.17. The molecular formula is C26H22ClFN6O2. The molecule has 6 rings (SSSR count). The molecule has 1 atom stereocenters. The van der Waals surface area contributed by atoms with E-state index in [-0.39, 0.29) is 34.3 Å². The maximum atomic E-state index is 14.7. The van der Waals surface area contributed by atoms with E-state index in [1.165, 1.54) is 25.3 Å². The summed E-state index contributed by atoms with van der Waals surface area (Å²) < 4.78 is 16.5. The lowest BCUT2D eigenvalue weighted by Gasteiger charge is -2.14. The molecular weight excluding hydrogens is 483 g/mol. The van der Waals surface area contributed by atoms with Gasteiger partial charge in [0.05, 0.1) is 23.5 Å². The Morgan fingerprint density at radius 2 is 2.03 bits per heavy atom. The number of carbonyl (C=O) groups excluding carboxylic acids is 1. The van der Waals surface area contributed by atoms with E-state index in [1.807, 2.05) is 6.07 Å². The summed E-state index contributed by atoms with van der Waals surface area (Å²) in [5.41, 5.74) is 9.59. The predicted octanol–water partition coefficient (Wildman–Crippen LogP) is 4.66. The number of nitrogens with one attached hydrogen (secondary N) is 2. The van der Waals surface area contributed by atoms with Crippen LogP contribution in [-0.4, -0.2) is 25.4 Å². The first kappa shape index (κ1) is 22.5. The van der Waals surface area contributed by atoms with Gasteiger partial charge in [0.15, 0.2) is 0 Å². The predicted molar refractivity (Wildman–Crippen MR) is 135 cm³/mol. The van der Waals surface area contributed by atoms with Crippen LogP contribution in [-0.2, 0) is 10.2 Å². The molecule has 4 aromatic rings. The highest BCUT2D eigenvalue weighted by Crippen LogP contribution is 2.58. The van der Waals surface area contributed by atoms with Crippen molar-refractivity contribution in [3.8, 4) is 22.4 Å². The summed E-state index contributed by atoms with van der Waals surface area (Å²) in [6.45, 7) is 1.33. The van der Waals surface area contributed by atoms with Crippen LogP contribution in [0.4, 0.5) is 15.9 Å². The number of imidazole rings is 1. The maximum Gasteiger partial charge on any atom is 0.252 e. The van der Waals surface area contributed by atoms with Crippen LogP contribution >= 0.6 is 11.6 Å². The first-order valence-corrected chi connectivity index (χ1v) is 11.9. The van der Waals surface area contributed by atoms with E-state index >= 15 is 0 Å². The van der Waals surface area contributed by atoms with Crippen molar-refractivity contribution < 1.29 is 9.18 Å². The Kier molecular flexibility index (Phi) is 5.01. The van der Waals surface area contributed by atoms with Crippen molar-refractivity contribution in [3.63, 3.8) is 0 Å². The number of benzene rings is 1. The lowest BCUT2D eigenvalue weighted by Crippen LogP contribution is -2.24. The number of fused-ring (bicyclic) bond motifs is 2. The molecule has 1 fully saturated rings. The number of hydrogen-bond donors (Lipinski definition) is 3. The normalized spacial score (nSPS) is 17.2. The van der Waals surface area contributed by atoms with Gasteiger partial charge >= 0.3 is 0 Å². The van der Waals surface area contributed by atoms with Crippen LogP contribution in [0.15, 0.2) is 53.5 Å². The Balaban J connectivity index is 1.38. The molecule has 3 aromatic heterocycles. The zero-order chi connectivity index (χ0) is 25.2. The van der Waals surface area contributed by atoms with Gasteiger partial charge in [-0.2, -0.15) is 4.39 Å². The molecule has 1 spiro atoms. The average molecular weight is 505 g/mol. The topological polar surface area (TPSA) is 119 Å². The number of nitrogens with two attached hydrogens (primary N) is 1. The number of nitrogen functional groups attached to an aromatic ring is 1.